The third-order valence-corrected chi connectivity index (χ3v) is 5.67. The van der Waals surface area contributed by atoms with Crippen LogP contribution in [0.15, 0.2) is 41.3 Å². The minimum atomic E-state index is -4.66. The number of rotatable bonds is 6. The van der Waals surface area contributed by atoms with Crippen LogP contribution in [0.2, 0.25) is 5.02 Å². The quantitative estimate of drug-likeness (QED) is 0.663. The van der Waals surface area contributed by atoms with E-state index in [1.54, 1.807) is 6.92 Å². The highest BCUT2D eigenvalue weighted by Crippen LogP contribution is 2.34. The van der Waals surface area contributed by atoms with Crippen LogP contribution in [-0.4, -0.2) is 20.9 Å². The first-order chi connectivity index (χ1) is 13.3. The van der Waals surface area contributed by atoms with E-state index in [2.05, 4.69) is 10.0 Å². The van der Waals surface area contributed by atoms with Gasteiger partial charge in [-0.05, 0) is 48.7 Å². The maximum atomic E-state index is 12.9. The molecule has 0 aliphatic carbocycles. The Balaban J connectivity index is 2.37. The van der Waals surface area contributed by atoms with Gasteiger partial charge in [0.05, 0.1) is 21.2 Å². The molecular formula is C19H20ClF3N2O3S. The number of aryl methyl sites for hydroxylation is 1. The standard InChI is InChI=1S/C19H20ClF3N2O3S/c1-11(2)10-24-18(26)15-9-14(6-4-12(15)3)29(27,28)25-17-8-13(19(21,22)23)5-7-16(17)20/h4-9,11,25H,10H2,1-3H3,(H,24,26). The molecule has 0 heterocycles. The maximum absolute atomic E-state index is 12.9. The Hall–Kier alpha value is -2.26. The summed E-state index contributed by atoms with van der Waals surface area (Å²) in [5.74, 6) is -0.235. The van der Waals surface area contributed by atoms with Crippen molar-refractivity contribution in [3.8, 4) is 0 Å². The van der Waals surface area contributed by atoms with Crippen molar-refractivity contribution < 1.29 is 26.4 Å². The molecule has 0 saturated carbocycles. The highest BCUT2D eigenvalue weighted by molar-refractivity contribution is 7.92. The van der Waals surface area contributed by atoms with E-state index in [0.29, 0.717) is 18.2 Å². The SMILES string of the molecule is Cc1ccc(S(=O)(=O)Nc2cc(C(F)(F)F)ccc2Cl)cc1C(=O)NCC(C)C. The molecule has 29 heavy (non-hydrogen) atoms. The topological polar surface area (TPSA) is 75.3 Å². The number of amides is 1. The van der Waals surface area contributed by atoms with Gasteiger partial charge in [-0.3, -0.25) is 9.52 Å². The van der Waals surface area contributed by atoms with E-state index in [1.165, 1.54) is 18.2 Å². The molecule has 2 N–H and O–H groups in total. The van der Waals surface area contributed by atoms with Crippen LogP contribution in [0.1, 0.15) is 35.3 Å². The Morgan fingerprint density at radius 3 is 2.38 bits per heavy atom. The average Bonchev–Trinajstić information content (AvgIpc) is 2.60. The predicted octanol–water partition coefficient (Wildman–Crippen LogP) is 4.85. The van der Waals surface area contributed by atoms with Crippen molar-refractivity contribution in [3.05, 3.63) is 58.1 Å². The molecule has 0 aliphatic rings. The number of carbonyl (C=O) groups excluding carboxylic acids is 1. The second-order valence-electron chi connectivity index (χ2n) is 6.88. The van der Waals surface area contributed by atoms with Crippen LogP contribution in [0.25, 0.3) is 0 Å². The molecule has 158 valence electrons. The Morgan fingerprint density at radius 1 is 1.14 bits per heavy atom. The molecule has 0 unspecified atom stereocenters. The molecule has 1 amide bonds. The van der Waals surface area contributed by atoms with Gasteiger partial charge in [0.1, 0.15) is 0 Å². The van der Waals surface area contributed by atoms with Crippen LogP contribution in [-0.2, 0) is 16.2 Å². The number of alkyl halides is 3. The molecule has 2 aromatic rings. The van der Waals surface area contributed by atoms with Crippen LogP contribution in [0.3, 0.4) is 0 Å². The lowest BCUT2D eigenvalue weighted by Crippen LogP contribution is -2.28. The number of anilines is 1. The number of sulfonamides is 1. The van der Waals surface area contributed by atoms with E-state index in [4.69, 9.17) is 11.6 Å². The summed E-state index contributed by atoms with van der Waals surface area (Å²) in [6.45, 7) is 5.89. The normalized spacial score (nSPS) is 12.1. The lowest BCUT2D eigenvalue weighted by molar-refractivity contribution is -0.137. The Kier molecular flexibility index (Phi) is 6.85. The van der Waals surface area contributed by atoms with E-state index in [-0.39, 0.29) is 21.4 Å². The number of nitrogens with one attached hydrogen (secondary N) is 2. The summed E-state index contributed by atoms with van der Waals surface area (Å²) in [6.07, 6.45) is -4.66. The van der Waals surface area contributed by atoms with E-state index < -0.39 is 33.4 Å². The lowest BCUT2D eigenvalue weighted by Gasteiger charge is -2.14. The first-order valence-electron chi connectivity index (χ1n) is 8.59. The van der Waals surface area contributed by atoms with Gasteiger partial charge in [0.25, 0.3) is 15.9 Å². The van der Waals surface area contributed by atoms with E-state index >= 15 is 0 Å². The van der Waals surface area contributed by atoms with Gasteiger partial charge in [0.2, 0.25) is 0 Å². The van der Waals surface area contributed by atoms with Gasteiger partial charge in [-0.2, -0.15) is 13.2 Å². The summed E-state index contributed by atoms with van der Waals surface area (Å²) >= 11 is 5.86. The second kappa shape index (κ2) is 8.62. The van der Waals surface area contributed by atoms with Crippen molar-refractivity contribution in [1.29, 1.82) is 0 Å². The molecule has 0 atom stereocenters. The summed E-state index contributed by atoms with van der Waals surface area (Å²) in [6, 6.07) is 6.22. The number of carbonyl (C=O) groups is 1. The number of benzene rings is 2. The molecule has 0 aromatic heterocycles. The second-order valence-corrected chi connectivity index (χ2v) is 8.97. The molecule has 2 rings (SSSR count). The van der Waals surface area contributed by atoms with Crippen LogP contribution in [0, 0.1) is 12.8 Å². The predicted molar refractivity (Wildman–Crippen MR) is 106 cm³/mol. The largest absolute Gasteiger partial charge is 0.416 e. The summed E-state index contributed by atoms with van der Waals surface area (Å²) < 4.78 is 66.1. The Labute approximate surface area is 172 Å². The minimum Gasteiger partial charge on any atom is -0.352 e. The van der Waals surface area contributed by atoms with Crippen LogP contribution >= 0.6 is 11.6 Å². The van der Waals surface area contributed by atoms with Crippen LogP contribution in [0.5, 0.6) is 0 Å². The fourth-order valence-corrected chi connectivity index (χ4v) is 3.71. The number of hydrogen-bond acceptors (Lipinski definition) is 3. The third kappa shape index (κ3) is 5.86. The zero-order valence-electron chi connectivity index (χ0n) is 15.9. The smallest absolute Gasteiger partial charge is 0.352 e. The molecular weight excluding hydrogens is 429 g/mol. The van der Waals surface area contributed by atoms with Crippen molar-refractivity contribution in [2.75, 3.05) is 11.3 Å². The van der Waals surface area contributed by atoms with E-state index in [1.807, 2.05) is 13.8 Å². The summed E-state index contributed by atoms with van der Waals surface area (Å²) in [5.41, 5.74) is -0.740. The summed E-state index contributed by atoms with van der Waals surface area (Å²) in [5, 5.41) is 2.51. The van der Waals surface area contributed by atoms with Gasteiger partial charge >= 0.3 is 6.18 Å². The van der Waals surface area contributed by atoms with E-state index in [9.17, 15) is 26.4 Å². The molecule has 2 aromatic carbocycles. The Morgan fingerprint density at radius 2 is 1.79 bits per heavy atom. The van der Waals surface area contributed by atoms with Gasteiger partial charge < -0.3 is 5.32 Å². The van der Waals surface area contributed by atoms with Crippen LogP contribution < -0.4 is 10.0 Å². The number of hydrogen-bond donors (Lipinski definition) is 2. The summed E-state index contributed by atoms with van der Waals surface area (Å²) in [7, 11) is -4.28. The zero-order chi connectivity index (χ0) is 22.0. The van der Waals surface area contributed by atoms with Gasteiger partial charge in [-0.15, -0.1) is 0 Å². The maximum Gasteiger partial charge on any atom is 0.416 e. The molecule has 10 heteroatoms. The highest BCUT2D eigenvalue weighted by atomic mass is 35.5. The van der Waals surface area contributed by atoms with Crippen molar-refractivity contribution in [2.45, 2.75) is 31.8 Å². The van der Waals surface area contributed by atoms with Crippen molar-refractivity contribution in [2.24, 2.45) is 5.92 Å². The molecule has 0 aliphatic heterocycles. The fraction of sp³-hybridized carbons (Fsp3) is 0.316. The van der Waals surface area contributed by atoms with Crippen LogP contribution in [0.4, 0.5) is 18.9 Å². The van der Waals surface area contributed by atoms with Gasteiger partial charge in [0, 0.05) is 12.1 Å². The minimum absolute atomic E-state index is 0.156. The molecule has 0 fully saturated rings. The van der Waals surface area contributed by atoms with Gasteiger partial charge in [-0.25, -0.2) is 8.42 Å². The van der Waals surface area contributed by atoms with Gasteiger partial charge in [-0.1, -0.05) is 31.5 Å². The number of halogens is 4. The Bertz CT molecular complexity index is 1020. The van der Waals surface area contributed by atoms with Crippen molar-refractivity contribution in [3.63, 3.8) is 0 Å². The third-order valence-electron chi connectivity index (χ3n) is 3.97. The van der Waals surface area contributed by atoms with Crippen molar-refractivity contribution in [1.82, 2.24) is 5.32 Å². The fourth-order valence-electron chi connectivity index (χ4n) is 2.39. The summed E-state index contributed by atoms with van der Waals surface area (Å²) in [4.78, 5) is 12.1. The zero-order valence-corrected chi connectivity index (χ0v) is 17.5. The lowest BCUT2D eigenvalue weighted by atomic mass is 10.1. The average molecular weight is 449 g/mol. The highest BCUT2D eigenvalue weighted by Gasteiger charge is 2.31. The first kappa shape index (κ1) is 23.0. The molecule has 0 saturated heterocycles. The van der Waals surface area contributed by atoms with Gasteiger partial charge in [0.15, 0.2) is 0 Å². The van der Waals surface area contributed by atoms with E-state index in [0.717, 1.165) is 12.1 Å². The molecule has 0 radical (unpaired) electrons. The molecule has 0 bridgehead atoms. The monoisotopic (exact) mass is 448 g/mol. The van der Waals surface area contributed by atoms with Crippen molar-refractivity contribution >= 4 is 33.2 Å². The molecule has 0 spiro atoms. The molecule has 5 nitrogen and oxygen atoms in total. The first-order valence-corrected chi connectivity index (χ1v) is 10.5.